The second-order valence-electron chi connectivity index (χ2n) is 6.39. The van der Waals surface area contributed by atoms with Crippen molar-refractivity contribution in [2.75, 3.05) is 17.2 Å². The molecule has 0 radical (unpaired) electrons. The first-order valence-electron chi connectivity index (χ1n) is 9.14. The van der Waals surface area contributed by atoms with Gasteiger partial charge in [-0.1, -0.05) is 42.5 Å². The monoisotopic (exact) mass is 374 g/mol. The summed E-state index contributed by atoms with van der Waals surface area (Å²) in [6.07, 6.45) is 4.94. The molecule has 1 heterocycles. The molecular formula is C22H22N4O2. The molecule has 0 bridgehead atoms. The largest absolute Gasteiger partial charge is 0.369 e. The van der Waals surface area contributed by atoms with Gasteiger partial charge in [0.1, 0.15) is 11.5 Å². The Hall–Kier alpha value is -3.54. The lowest BCUT2D eigenvalue weighted by molar-refractivity contribution is 0.100. The second kappa shape index (κ2) is 9.41. The predicted octanol–water partition coefficient (Wildman–Crippen LogP) is 3.98. The normalized spacial score (nSPS) is 10.3. The van der Waals surface area contributed by atoms with Gasteiger partial charge in [-0.15, -0.1) is 0 Å². The number of amides is 1. The second-order valence-corrected chi connectivity index (χ2v) is 6.39. The van der Waals surface area contributed by atoms with Crippen LogP contribution < -0.4 is 10.6 Å². The van der Waals surface area contributed by atoms with Crippen LogP contribution in [0, 0.1) is 0 Å². The molecule has 0 aliphatic heterocycles. The van der Waals surface area contributed by atoms with Gasteiger partial charge in [-0.3, -0.25) is 9.59 Å². The Balaban J connectivity index is 1.50. The number of rotatable bonds is 8. The Kier molecular flexibility index (Phi) is 6.46. The Bertz CT molecular complexity index is 940. The summed E-state index contributed by atoms with van der Waals surface area (Å²) in [5.74, 6) is 0.200. The van der Waals surface area contributed by atoms with Crippen molar-refractivity contribution in [1.82, 2.24) is 9.97 Å². The molecular weight excluding hydrogens is 352 g/mol. The first-order valence-corrected chi connectivity index (χ1v) is 9.14. The maximum Gasteiger partial charge on any atom is 0.275 e. The third-order valence-electron chi connectivity index (χ3n) is 4.20. The third kappa shape index (κ3) is 5.48. The SMILES string of the molecule is CC(=O)c1cccc(NC(=O)c2cnc(NCCCc3ccccc3)cn2)c1. The predicted molar refractivity (Wildman–Crippen MR) is 110 cm³/mol. The maximum absolute atomic E-state index is 12.3. The average molecular weight is 374 g/mol. The van der Waals surface area contributed by atoms with Crippen molar-refractivity contribution >= 4 is 23.2 Å². The van der Waals surface area contributed by atoms with Gasteiger partial charge in [0.2, 0.25) is 0 Å². The number of aryl methyl sites for hydroxylation is 1. The minimum absolute atomic E-state index is 0.0569. The highest BCUT2D eigenvalue weighted by atomic mass is 16.2. The number of hydrogen-bond donors (Lipinski definition) is 2. The van der Waals surface area contributed by atoms with Gasteiger partial charge in [0, 0.05) is 17.8 Å². The molecule has 3 aromatic rings. The molecule has 6 nitrogen and oxygen atoms in total. The zero-order valence-corrected chi connectivity index (χ0v) is 15.7. The van der Waals surface area contributed by atoms with Gasteiger partial charge in [0.15, 0.2) is 5.78 Å². The number of ketones is 1. The van der Waals surface area contributed by atoms with Crippen LogP contribution >= 0.6 is 0 Å². The molecule has 0 saturated carbocycles. The number of anilines is 2. The van der Waals surface area contributed by atoms with Crippen molar-refractivity contribution in [3.05, 3.63) is 83.8 Å². The zero-order chi connectivity index (χ0) is 19.8. The topological polar surface area (TPSA) is 84.0 Å². The van der Waals surface area contributed by atoms with Crippen LogP contribution in [0.25, 0.3) is 0 Å². The fraction of sp³-hybridized carbons (Fsp3) is 0.182. The first-order chi connectivity index (χ1) is 13.6. The molecule has 1 amide bonds. The highest BCUT2D eigenvalue weighted by molar-refractivity contribution is 6.03. The summed E-state index contributed by atoms with van der Waals surface area (Å²) in [7, 11) is 0. The molecule has 1 aromatic heterocycles. The number of carbonyl (C=O) groups excluding carboxylic acids is 2. The number of hydrogen-bond acceptors (Lipinski definition) is 5. The molecule has 2 N–H and O–H groups in total. The van der Waals surface area contributed by atoms with Gasteiger partial charge in [-0.2, -0.15) is 0 Å². The van der Waals surface area contributed by atoms with Crippen LogP contribution in [-0.2, 0) is 6.42 Å². The summed E-state index contributed by atoms with van der Waals surface area (Å²) in [5, 5.41) is 5.94. The molecule has 0 aliphatic rings. The maximum atomic E-state index is 12.3. The molecule has 3 rings (SSSR count). The lowest BCUT2D eigenvalue weighted by Crippen LogP contribution is -2.15. The Morgan fingerprint density at radius 1 is 0.964 bits per heavy atom. The fourth-order valence-corrected chi connectivity index (χ4v) is 2.70. The van der Waals surface area contributed by atoms with E-state index in [4.69, 9.17) is 0 Å². The van der Waals surface area contributed by atoms with Crippen LogP contribution in [0.2, 0.25) is 0 Å². The molecule has 0 fully saturated rings. The zero-order valence-electron chi connectivity index (χ0n) is 15.7. The van der Waals surface area contributed by atoms with E-state index < -0.39 is 0 Å². The smallest absolute Gasteiger partial charge is 0.275 e. The molecule has 142 valence electrons. The number of nitrogens with zero attached hydrogens (tertiary/aromatic N) is 2. The number of benzene rings is 2. The standard InChI is InChI=1S/C22H22N4O2/c1-16(27)18-10-5-11-19(13-18)26-22(28)20-14-25-21(15-24-20)23-12-6-9-17-7-3-2-4-8-17/h2-5,7-8,10-11,13-15H,6,9,12H2,1H3,(H,23,25)(H,26,28). The van der Waals surface area contributed by atoms with Gasteiger partial charge in [-0.25, -0.2) is 9.97 Å². The van der Waals surface area contributed by atoms with Crippen molar-refractivity contribution in [1.29, 1.82) is 0 Å². The van der Waals surface area contributed by atoms with Gasteiger partial charge < -0.3 is 10.6 Å². The lowest BCUT2D eigenvalue weighted by Gasteiger charge is -2.08. The van der Waals surface area contributed by atoms with Crippen molar-refractivity contribution in [3.8, 4) is 0 Å². The molecule has 2 aromatic carbocycles. The van der Waals surface area contributed by atoms with Crippen molar-refractivity contribution in [3.63, 3.8) is 0 Å². The summed E-state index contributed by atoms with van der Waals surface area (Å²) in [5.41, 5.74) is 2.60. The highest BCUT2D eigenvalue weighted by Gasteiger charge is 2.09. The van der Waals surface area contributed by atoms with Gasteiger partial charge in [0.25, 0.3) is 5.91 Å². The van der Waals surface area contributed by atoms with E-state index in [1.54, 1.807) is 30.5 Å². The molecule has 0 aliphatic carbocycles. The van der Waals surface area contributed by atoms with Crippen LogP contribution in [0.3, 0.4) is 0 Å². The van der Waals surface area contributed by atoms with Gasteiger partial charge >= 0.3 is 0 Å². The van der Waals surface area contributed by atoms with Crippen LogP contribution in [0.5, 0.6) is 0 Å². The van der Waals surface area contributed by atoms with Crippen molar-refractivity contribution in [2.24, 2.45) is 0 Å². The molecule has 28 heavy (non-hydrogen) atoms. The van der Waals surface area contributed by atoms with Crippen LogP contribution in [-0.4, -0.2) is 28.2 Å². The molecule has 0 saturated heterocycles. The average Bonchev–Trinajstić information content (AvgIpc) is 2.72. The van der Waals surface area contributed by atoms with Crippen LogP contribution in [0.1, 0.15) is 39.8 Å². The first kappa shape index (κ1) is 19.2. The van der Waals surface area contributed by atoms with E-state index in [2.05, 4.69) is 32.7 Å². The van der Waals surface area contributed by atoms with E-state index in [0.717, 1.165) is 19.4 Å². The Labute approximate surface area is 164 Å². The number of Topliss-reactive ketones (excluding diaryl/α,β-unsaturated/α-hetero) is 1. The summed E-state index contributed by atoms with van der Waals surface area (Å²) in [6.45, 7) is 2.25. The van der Waals surface area contributed by atoms with Crippen molar-refractivity contribution in [2.45, 2.75) is 19.8 Å². The Morgan fingerprint density at radius 3 is 2.50 bits per heavy atom. The quantitative estimate of drug-likeness (QED) is 0.460. The number of aromatic nitrogens is 2. The van der Waals surface area contributed by atoms with Gasteiger partial charge in [-0.05, 0) is 37.5 Å². The van der Waals surface area contributed by atoms with E-state index in [9.17, 15) is 9.59 Å². The van der Waals surface area contributed by atoms with E-state index in [0.29, 0.717) is 17.1 Å². The molecule has 0 spiro atoms. The molecule has 6 heteroatoms. The van der Waals surface area contributed by atoms with Crippen molar-refractivity contribution < 1.29 is 9.59 Å². The third-order valence-corrected chi connectivity index (χ3v) is 4.20. The van der Waals surface area contributed by atoms with E-state index in [1.165, 1.54) is 18.7 Å². The molecule has 0 atom stereocenters. The van der Waals surface area contributed by atoms with E-state index >= 15 is 0 Å². The minimum Gasteiger partial charge on any atom is -0.369 e. The Morgan fingerprint density at radius 2 is 1.79 bits per heavy atom. The molecule has 0 unspecified atom stereocenters. The lowest BCUT2D eigenvalue weighted by atomic mass is 10.1. The summed E-state index contributed by atoms with van der Waals surface area (Å²) in [6, 6.07) is 17.1. The number of carbonyl (C=O) groups is 2. The summed E-state index contributed by atoms with van der Waals surface area (Å²) < 4.78 is 0. The summed E-state index contributed by atoms with van der Waals surface area (Å²) >= 11 is 0. The van der Waals surface area contributed by atoms with Gasteiger partial charge in [0.05, 0.1) is 12.4 Å². The fourth-order valence-electron chi connectivity index (χ4n) is 2.70. The highest BCUT2D eigenvalue weighted by Crippen LogP contribution is 2.12. The minimum atomic E-state index is -0.371. The van der Waals surface area contributed by atoms with E-state index in [1.807, 2.05) is 18.2 Å². The summed E-state index contributed by atoms with van der Waals surface area (Å²) in [4.78, 5) is 32.2. The van der Waals surface area contributed by atoms with Crippen LogP contribution in [0.4, 0.5) is 11.5 Å². The number of nitrogens with one attached hydrogen (secondary N) is 2. The van der Waals surface area contributed by atoms with E-state index in [-0.39, 0.29) is 17.4 Å². The van der Waals surface area contributed by atoms with Crippen LogP contribution in [0.15, 0.2) is 67.0 Å².